The quantitative estimate of drug-likeness (QED) is 0.730. The van der Waals surface area contributed by atoms with Crippen molar-refractivity contribution in [1.82, 2.24) is 10.2 Å². The molecule has 6 nitrogen and oxygen atoms in total. The second kappa shape index (κ2) is 9.23. The molecular formula is C24H32N2O4. The molecule has 1 saturated carbocycles. The minimum Gasteiger partial charge on any atom is -0.494 e. The van der Waals surface area contributed by atoms with E-state index in [9.17, 15) is 9.90 Å². The van der Waals surface area contributed by atoms with Crippen LogP contribution in [0.2, 0.25) is 0 Å². The molecule has 2 aromatic rings. The van der Waals surface area contributed by atoms with Crippen molar-refractivity contribution in [3.63, 3.8) is 0 Å². The number of carbonyl (C=O) groups is 1. The van der Waals surface area contributed by atoms with Crippen molar-refractivity contribution < 1.29 is 19.1 Å². The molecule has 4 rings (SSSR count). The van der Waals surface area contributed by atoms with E-state index in [1.54, 1.807) is 6.26 Å². The van der Waals surface area contributed by atoms with Crippen LogP contribution in [0.3, 0.4) is 0 Å². The van der Waals surface area contributed by atoms with E-state index in [0.29, 0.717) is 26.1 Å². The summed E-state index contributed by atoms with van der Waals surface area (Å²) in [5, 5.41) is 14.4. The summed E-state index contributed by atoms with van der Waals surface area (Å²) in [6.45, 7) is 4.82. The van der Waals surface area contributed by atoms with Crippen LogP contribution >= 0.6 is 0 Å². The highest BCUT2D eigenvalue weighted by atomic mass is 16.5. The fourth-order valence-electron chi connectivity index (χ4n) is 5.17. The van der Waals surface area contributed by atoms with Gasteiger partial charge >= 0.3 is 0 Å². The minimum atomic E-state index is -0.663. The van der Waals surface area contributed by atoms with E-state index in [-0.39, 0.29) is 17.7 Å². The minimum absolute atomic E-state index is 0.0149. The van der Waals surface area contributed by atoms with Gasteiger partial charge in [0.05, 0.1) is 31.6 Å². The lowest BCUT2D eigenvalue weighted by Gasteiger charge is -2.51. The zero-order valence-corrected chi connectivity index (χ0v) is 17.7. The first-order valence-electron chi connectivity index (χ1n) is 11.0. The predicted octanol–water partition coefficient (Wildman–Crippen LogP) is 3.32. The number of nitrogens with one attached hydrogen (secondary N) is 1. The number of carbonyl (C=O) groups excluding carboxylic acids is 1. The number of amides is 1. The number of ether oxygens (including phenoxy) is 1. The van der Waals surface area contributed by atoms with Gasteiger partial charge in [-0.1, -0.05) is 18.2 Å². The van der Waals surface area contributed by atoms with Crippen LogP contribution < -0.4 is 10.1 Å². The van der Waals surface area contributed by atoms with Crippen LogP contribution in [0.1, 0.15) is 49.8 Å². The number of aliphatic hydroxyl groups is 1. The first-order chi connectivity index (χ1) is 14.6. The topological polar surface area (TPSA) is 74.9 Å². The zero-order chi connectivity index (χ0) is 21.0. The van der Waals surface area contributed by atoms with Crippen molar-refractivity contribution >= 4 is 5.91 Å². The van der Waals surface area contributed by atoms with Gasteiger partial charge in [0.25, 0.3) is 0 Å². The number of fused-ring (bicyclic) bond motifs is 1. The molecule has 30 heavy (non-hydrogen) atoms. The molecule has 1 aliphatic heterocycles. The van der Waals surface area contributed by atoms with Crippen LogP contribution in [0.5, 0.6) is 5.75 Å². The normalized spacial score (nSPS) is 26.7. The number of benzene rings is 1. The molecule has 2 aliphatic rings. The van der Waals surface area contributed by atoms with Gasteiger partial charge in [-0.15, -0.1) is 0 Å². The Bertz CT molecular complexity index is 837. The van der Waals surface area contributed by atoms with Crippen molar-refractivity contribution in [2.75, 3.05) is 26.2 Å². The molecule has 0 spiro atoms. The number of piperidine rings is 1. The average Bonchev–Trinajstić information content (AvgIpc) is 3.27. The molecule has 2 heterocycles. The number of hydrogen-bond acceptors (Lipinski definition) is 5. The Morgan fingerprint density at radius 1 is 1.30 bits per heavy atom. The van der Waals surface area contributed by atoms with Gasteiger partial charge in [-0.2, -0.15) is 0 Å². The Morgan fingerprint density at radius 3 is 2.97 bits per heavy atom. The molecular weight excluding hydrogens is 380 g/mol. The summed E-state index contributed by atoms with van der Waals surface area (Å²) >= 11 is 0. The van der Waals surface area contributed by atoms with Gasteiger partial charge in [-0.3, -0.25) is 9.69 Å². The van der Waals surface area contributed by atoms with E-state index in [1.807, 2.05) is 37.3 Å². The van der Waals surface area contributed by atoms with Crippen LogP contribution in [0, 0.1) is 5.92 Å². The highest BCUT2D eigenvalue weighted by Gasteiger charge is 2.48. The van der Waals surface area contributed by atoms with E-state index >= 15 is 0 Å². The lowest BCUT2D eigenvalue weighted by Crippen LogP contribution is -2.56. The largest absolute Gasteiger partial charge is 0.494 e. The second-order valence-electron chi connectivity index (χ2n) is 8.52. The Labute approximate surface area is 178 Å². The van der Waals surface area contributed by atoms with Gasteiger partial charge in [-0.25, -0.2) is 0 Å². The Hall–Kier alpha value is -2.31. The third-order valence-electron chi connectivity index (χ3n) is 6.64. The highest BCUT2D eigenvalue weighted by molar-refractivity contribution is 5.77. The number of likely N-dealkylation sites (tertiary alicyclic amines) is 1. The van der Waals surface area contributed by atoms with Gasteiger partial charge in [-0.05, 0) is 62.3 Å². The van der Waals surface area contributed by atoms with Crippen LogP contribution in [0.25, 0.3) is 0 Å². The molecule has 1 aromatic heterocycles. The predicted molar refractivity (Wildman–Crippen MR) is 114 cm³/mol. The summed E-state index contributed by atoms with van der Waals surface area (Å²) in [5.74, 6) is 1.98. The molecule has 1 aromatic carbocycles. The first-order valence-corrected chi connectivity index (χ1v) is 11.0. The molecule has 3 atom stereocenters. The number of nitrogens with zero attached hydrogens (tertiary/aromatic N) is 1. The van der Waals surface area contributed by atoms with Crippen molar-refractivity contribution in [3.05, 3.63) is 54.0 Å². The maximum absolute atomic E-state index is 12.5. The summed E-state index contributed by atoms with van der Waals surface area (Å²) in [6.07, 6.45) is 5.20. The molecule has 1 aliphatic carbocycles. The standard InChI is InChI=1S/C24H32N2O4/c1-2-29-22-10-4-3-8-20(22)19-9-5-11-24(28)12-13-26(16-21(19)24)17-23(27)25-15-18-7-6-14-30-18/h3-4,6-8,10,14,19,21,28H,2,5,9,11-13,15-17H2,1H3,(H,25,27)/t19-,21+,24-/m0/s1. The summed E-state index contributed by atoms with van der Waals surface area (Å²) in [6, 6.07) is 11.9. The lowest BCUT2D eigenvalue weighted by molar-refractivity contribution is -0.129. The Morgan fingerprint density at radius 2 is 2.17 bits per heavy atom. The van der Waals surface area contributed by atoms with Crippen molar-refractivity contribution in [3.8, 4) is 5.75 Å². The van der Waals surface area contributed by atoms with E-state index in [4.69, 9.17) is 9.15 Å². The van der Waals surface area contributed by atoms with Crippen LogP contribution in [0.15, 0.2) is 47.1 Å². The van der Waals surface area contributed by atoms with Crippen molar-refractivity contribution in [2.45, 2.75) is 50.7 Å². The second-order valence-corrected chi connectivity index (χ2v) is 8.52. The number of rotatable bonds is 7. The summed E-state index contributed by atoms with van der Waals surface area (Å²) in [5.41, 5.74) is 0.523. The molecule has 2 fully saturated rings. The van der Waals surface area contributed by atoms with Crippen LogP contribution in [-0.4, -0.2) is 47.8 Å². The van der Waals surface area contributed by atoms with Crippen LogP contribution in [-0.2, 0) is 11.3 Å². The monoisotopic (exact) mass is 412 g/mol. The van der Waals surface area contributed by atoms with Gasteiger partial charge < -0.3 is 19.6 Å². The molecule has 1 amide bonds. The fourth-order valence-corrected chi connectivity index (χ4v) is 5.17. The number of hydrogen-bond donors (Lipinski definition) is 2. The third-order valence-corrected chi connectivity index (χ3v) is 6.64. The van der Waals surface area contributed by atoms with Gasteiger partial charge in [0.2, 0.25) is 5.91 Å². The third kappa shape index (κ3) is 4.55. The molecule has 0 unspecified atom stereocenters. The lowest BCUT2D eigenvalue weighted by atomic mass is 9.63. The van der Waals surface area contributed by atoms with E-state index in [2.05, 4.69) is 16.3 Å². The zero-order valence-electron chi connectivity index (χ0n) is 17.7. The molecule has 6 heteroatoms. The first kappa shape index (κ1) is 20.9. The number of furan rings is 1. The highest BCUT2D eigenvalue weighted by Crippen LogP contribution is 2.49. The smallest absolute Gasteiger partial charge is 0.234 e. The Balaban J connectivity index is 1.45. The summed E-state index contributed by atoms with van der Waals surface area (Å²) < 4.78 is 11.2. The summed E-state index contributed by atoms with van der Waals surface area (Å²) in [4.78, 5) is 14.6. The maximum Gasteiger partial charge on any atom is 0.234 e. The van der Waals surface area contributed by atoms with Crippen molar-refractivity contribution in [2.24, 2.45) is 5.92 Å². The van der Waals surface area contributed by atoms with E-state index in [0.717, 1.165) is 43.9 Å². The van der Waals surface area contributed by atoms with Gasteiger partial charge in [0.15, 0.2) is 0 Å². The molecule has 162 valence electrons. The maximum atomic E-state index is 12.5. The van der Waals surface area contributed by atoms with Gasteiger partial charge in [0.1, 0.15) is 11.5 Å². The molecule has 1 saturated heterocycles. The van der Waals surface area contributed by atoms with Crippen molar-refractivity contribution in [1.29, 1.82) is 0 Å². The van der Waals surface area contributed by atoms with Crippen LogP contribution in [0.4, 0.5) is 0 Å². The molecule has 0 radical (unpaired) electrons. The fraction of sp³-hybridized carbons (Fsp3) is 0.542. The SMILES string of the molecule is CCOc1ccccc1[C@@H]1CCC[C@]2(O)CCN(CC(=O)NCc3ccco3)C[C@H]12. The molecule has 0 bridgehead atoms. The average molecular weight is 413 g/mol. The molecule has 2 N–H and O–H groups in total. The number of para-hydroxylation sites is 1. The van der Waals surface area contributed by atoms with E-state index < -0.39 is 5.60 Å². The van der Waals surface area contributed by atoms with E-state index in [1.165, 1.54) is 5.56 Å². The summed E-state index contributed by atoms with van der Waals surface area (Å²) in [7, 11) is 0. The Kier molecular flexibility index (Phi) is 6.44. The van der Waals surface area contributed by atoms with Gasteiger partial charge in [0, 0.05) is 19.0 Å².